The molecule has 238 valence electrons. The first-order chi connectivity index (χ1) is 20.9. The molecule has 0 spiro atoms. The molecule has 4 heterocycles. The normalized spacial score (nSPS) is 20.2. The van der Waals surface area contributed by atoms with Gasteiger partial charge in [0.15, 0.2) is 11.6 Å². The minimum atomic E-state index is -0.648. The third-order valence-electron chi connectivity index (χ3n) is 8.21. The van der Waals surface area contributed by atoms with E-state index in [0.717, 1.165) is 37.3 Å². The van der Waals surface area contributed by atoms with Crippen molar-refractivity contribution in [1.29, 1.82) is 0 Å². The van der Waals surface area contributed by atoms with Gasteiger partial charge in [0.05, 0.1) is 24.5 Å². The first kappa shape index (κ1) is 31.5. The molecule has 44 heavy (non-hydrogen) atoms. The van der Waals surface area contributed by atoms with Gasteiger partial charge in [-0.3, -0.25) is 0 Å². The number of ether oxygens (including phenoxy) is 2. The van der Waals surface area contributed by atoms with Crippen LogP contribution >= 0.6 is 0 Å². The van der Waals surface area contributed by atoms with Gasteiger partial charge in [0.2, 0.25) is 5.95 Å². The minimum absolute atomic E-state index is 0.0246. The number of nitrogens with one attached hydrogen (secondary N) is 1. The van der Waals surface area contributed by atoms with Crippen molar-refractivity contribution in [2.75, 3.05) is 36.0 Å². The largest absolute Gasteiger partial charge is 0.487 e. The summed E-state index contributed by atoms with van der Waals surface area (Å²) in [4.78, 5) is 30.5. The first-order valence-electron chi connectivity index (χ1n) is 15.4. The number of halogens is 1. The van der Waals surface area contributed by atoms with E-state index in [4.69, 9.17) is 14.0 Å². The van der Waals surface area contributed by atoms with Crippen LogP contribution in [0.3, 0.4) is 0 Å². The predicted octanol–water partition coefficient (Wildman–Crippen LogP) is 5.61. The Bertz CT molecular complexity index is 1420. The van der Waals surface area contributed by atoms with Crippen molar-refractivity contribution >= 4 is 18.1 Å². The van der Waals surface area contributed by atoms with Crippen LogP contribution in [0.2, 0.25) is 0 Å². The lowest BCUT2D eigenvalue weighted by molar-refractivity contribution is 0.0504. The summed E-state index contributed by atoms with van der Waals surface area (Å²) in [7, 11) is 0. The molecule has 3 atom stereocenters. The number of nitrogens with zero attached hydrogens (tertiary/aromatic N) is 6. The first-order valence-corrected chi connectivity index (χ1v) is 15.4. The van der Waals surface area contributed by atoms with Crippen LogP contribution in [0, 0.1) is 18.7 Å². The fourth-order valence-electron chi connectivity index (χ4n) is 5.83. The Morgan fingerprint density at radius 3 is 2.43 bits per heavy atom. The molecule has 0 saturated carbocycles. The molecule has 0 radical (unpaired) electrons. The maximum atomic E-state index is 15.0. The molecule has 0 bridgehead atoms. The number of alkyl carbamates (subject to hydrolysis) is 1. The molecule has 3 aromatic rings. The molecule has 1 amide bonds. The quantitative estimate of drug-likeness (QED) is 0.345. The summed E-state index contributed by atoms with van der Waals surface area (Å²) >= 11 is 0. The van der Waals surface area contributed by atoms with Crippen LogP contribution in [0.5, 0.6) is 5.75 Å². The summed E-state index contributed by atoms with van der Waals surface area (Å²) < 4.78 is 32.2. The average Bonchev–Trinajstić information content (AvgIpc) is 3.62. The number of amides is 1. The van der Waals surface area contributed by atoms with E-state index in [1.807, 2.05) is 52.5 Å². The van der Waals surface area contributed by atoms with Gasteiger partial charge in [0.1, 0.15) is 11.4 Å². The monoisotopic (exact) mass is 609 g/mol. The van der Waals surface area contributed by atoms with E-state index in [-0.39, 0.29) is 23.8 Å². The SMILES string of the molecule is Cc1ccc(F)c([C@H]2CN(c3ncc(O[C@@H](C)C4CCN(c5nc(C(C)C)no5)CC4)cn3)C[C@@H]2NC(=O)OC(C)(C)C)c1. The Balaban J connectivity index is 1.20. The van der Waals surface area contributed by atoms with Gasteiger partial charge in [-0.2, -0.15) is 4.98 Å². The van der Waals surface area contributed by atoms with Crippen molar-refractivity contribution in [2.45, 2.75) is 90.9 Å². The number of carbonyl (C=O) groups excluding carboxylic acids is 1. The third-order valence-corrected chi connectivity index (χ3v) is 8.21. The van der Waals surface area contributed by atoms with E-state index in [9.17, 15) is 9.18 Å². The smallest absolute Gasteiger partial charge is 0.407 e. The van der Waals surface area contributed by atoms with Crippen molar-refractivity contribution in [3.05, 3.63) is 53.4 Å². The maximum Gasteiger partial charge on any atom is 0.407 e. The summed E-state index contributed by atoms with van der Waals surface area (Å²) in [6.45, 7) is 16.0. The Labute approximate surface area is 258 Å². The number of anilines is 2. The highest BCUT2D eigenvalue weighted by atomic mass is 19.1. The second-order valence-electron chi connectivity index (χ2n) is 13.2. The molecule has 11 nitrogen and oxygen atoms in total. The lowest BCUT2D eigenvalue weighted by Crippen LogP contribution is -2.43. The summed E-state index contributed by atoms with van der Waals surface area (Å²) in [6.07, 6.45) is 4.67. The number of aromatic nitrogens is 4. The molecule has 1 aromatic carbocycles. The van der Waals surface area contributed by atoms with Crippen LogP contribution in [0.1, 0.15) is 83.2 Å². The second-order valence-corrected chi connectivity index (χ2v) is 13.2. The molecule has 2 fully saturated rings. The van der Waals surface area contributed by atoms with Gasteiger partial charge in [0.25, 0.3) is 0 Å². The minimum Gasteiger partial charge on any atom is -0.487 e. The Morgan fingerprint density at radius 1 is 1.09 bits per heavy atom. The molecule has 2 aliphatic rings. The van der Waals surface area contributed by atoms with E-state index in [0.29, 0.717) is 42.3 Å². The van der Waals surface area contributed by atoms with E-state index < -0.39 is 17.7 Å². The van der Waals surface area contributed by atoms with E-state index in [2.05, 4.69) is 37.2 Å². The van der Waals surface area contributed by atoms with Gasteiger partial charge < -0.3 is 29.1 Å². The van der Waals surface area contributed by atoms with Crippen LogP contribution < -0.4 is 19.9 Å². The molecule has 1 N–H and O–H groups in total. The topological polar surface area (TPSA) is 119 Å². The molecule has 12 heteroatoms. The van der Waals surface area contributed by atoms with Gasteiger partial charge in [-0.15, -0.1) is 0 Å². The van der Waals surface area contributed by atoms with Crippen molar-refractivity contribution in [3.63, 3.8) is 0 Å². The zero-order chi connectivity index (χ0) is 31.6. The molecule has 2 saturated heterocycles. The predicted molar refractivity (Wildman–Crippen MR) is 165 cm³/mol. The van der Waals surface area contributed by atoms with E-state index in [1.165, 1.54) is 6.07 Å². The Kier molecular flexibility index (Phi) is 9.26. The molecular weight excluding hydrogens is 565 g/mol. The third kappa shape index (κ3) is 7.57. The fourth-order valence-corrected chi connectivity index (χ4v) is 5.83. The lowest BCUT2D eigenvalue weighted by Gasteiger charge is -2.33. The number of carbonyl (C=O) groups is 1. The van der Waals surface area contributed by atoms with Crippen molar-refractivity contribution in [3.8, 4) is 5.75 Å². The molecule has 0 aliphatic carbocycles. The number of rotatable bonds is 8. The zero-order valence-corrected chi connectivity index (χ0v) is 26.7. The van der Waals surface area contributed by atoms with Crippen LogP contribution in [-0.4, -0.2) is 70.1 Å². The van der Waals surface area contributed by atoms with Gasteiger partial charge in [-0.1, -0.05) is 36.7 Å². The molecular formula is C32H44FN7O4. The fraction of sp³-hybridized carbons (Fsp3) is 0.594. The van der Waals surface area contributed by atoms with Crippen LogP contribution in [-0.2, 0) is 4.74 Å². The van der Waals surface area contributed by atoms with Crippen LogP contribution in [0.15, 0.2) is 35.1 Å². The summed E-state index contributed by atoms with van der Waals surface area (Å²) in [5.41, 5.74) is 0.849. The second kappa shape index (κ2) is 13.0. The van der Waals surface area contributed by atoms with E-state index in [1.54, 1.807) is 18.5 Å². The van der Waals surface area contributed by atoms with Crippen molar-refractivity contribution in [1.82, 2.24) is 25.4 Å². The highest BCUT2D eigenvalue weighted by molar-refractivity contribution is 5.68. The van der Waals surface area contributed by atoms with Gasteiger partial charge in [0, 0.05) is 38.0 Å². The average molecular weight is 610 g/mol. The lowest BCUT2D eigenvalue weighted by atomic mass is 9.92. The number of aryl methyl sites for hydroxylation is 1. The maximum absolute atomic E-state index is 15.0. The summed E-state index contributed by atoms with van der Waals surface area (Å²) in [5.74, 6) is 1.78. The van der Waals surface area contributed by atoms with Crippen molar-refractivity contribution < 1.29 is 23.2 Å². The molecule has 0 unspecified atom stereocenters. The van der Waals surface area contributed by atoms with E-state index >= 15 is 0 Å². The molecule has 2 aliphatic heterocycles. The van der Waals surface area contributed by atoms with Crippen molar-refractivity contribution in [2.24, 2.45) is 5.92 Å². The zero-order valence-electron chi connectivity index (χ0n) is 26.7. The number of hydrogen-bond donors (Lipinski definition) is 1. The van der Waals surface area contributed by atoms with Gasteiger partial charge in [-0.05, 0) is 65.0 Å². The highest BCUT2D eigenvalue weighted by Crippen LogP contribution is 2.33. The van der Waals surface area contributed by atoms with Crippen LogP contribution in [0.25, 0.3) is 0 Å². The molecule has 2 aromatic heterocycles. The standard InChI is InChI=1S/C32H44FN7O4/c1-19(2)28-37-30(44-38-28)39-12-10-22(11-13-39)21(4)42-23-15-34-29(35-16-23)40-17-25(24-14-20(3)8-9-26(24)33)27(18-40)36-31(41)43-32(5,6)7/h8-9,14-16,19,21-22,25,27H,10-13,17-18H2,1-7H3,(H,36,41)/t21-,25+,27-/m0/s1. The highest BCUT2D eigenvalue weighted by Gasteiger charge is 2.38. The number of hydrogen-bond acceptors (Lipinski definition) is 10. The number of piperidine rings is 1. The van der Waals surface area contributed by atoms with Gasteiger partial charge >= 0.3 is 12.1 Å². The Morgan fingerprint density at radius 2 is 1.80 bits per heavy atom. The molecule has 5 rings (SSSR count). The van der Waals surface area contributed by atoms with Gasteiger partial charge in [-0.25, -0.2) is 19.2 Å². The number of benzene rings is 1. The summed E-state index contributed by atoms with van der Waals surface area (Å²) in [6, 6.07) is 5.24. The van der Waals surface area contributed by atoms with Crippen LogP contribution in [0.4, 0.5) is 21.1 Å². The summed E-state index contributed by atoms with van der Waals surface area (Å²) in [5, 5.41) is 7.04. The Hall–Kier alpha value is -3.96.